The van der Waals surface area contributed by atoms with Crippen LogP contribution in [-0.2, 0) is 7.05 Å². The molecule has 0 aliphatic carbocycles. The minimum Gasteiger partial charge on any atom is -0.384 e. The van der Waals surface area contributed by atoms with Crippen molar-refractivity contribution >= 4 is 5.82 Å². The Morgan fingerprint density at radius 2 is 1.89 bits per heavy atom. The second-order valence-electron chi connectivity index (χ2n) is 4.87. The molecule has 0 saturated carbocycles. The van der Waals surface area contributed by atoms with E-state index < -0.39 is 0 Å². The van der Waals surface area contributed by atoms with Crippen molar-refractivity contribution in [3.05, 3.63) is 23.1 Å². The first-order chi connectivity index (χ1) is 8.40. The van der Waals surface area contributed by atoms with Crippen LogP contribution in [0.5, 0.6) is 0 Å². The van der Waals surface area contributed by atoms with E-state index in [0.717, 1.165) is 22.6 Å². The fraction of sp³-hybridized carbons (Fsp3) is 0.462. The van der Waals surface area contributed by atoms with Gasteiger partial charge in [-0.25, -0.2) is 9.97 Å². The van der Waals surface area contributed by atoms with Gasteiger partial charge in [0, 0.05) is 24.5 Å². The van der Waals surface area contributed by atoms with Crippen molar-refractivity contribution in [2.24, 2.45) is 7.05 Å². The lowest BCUT2D eigenvalue weighted by Crippen LogP contribution is -2.02. The van der Waals surface area contributed by atoms with Crippen molar-refractivity contribution in [1.29, 1.82) is 0 Å². The van der Waals surface area contributed by atoms with Crippen LogP contribution in [0.1, 0.15) is 36.8 Å². The highest BCUT2D eigenvalue weighted by Gasteiger charge is 2.16. The number of anilines is 1. The molecule has 2 N–H and O–H groups in total. The van der Waals surface area contributed by atoms with E-state index in [4.69, 9.17) is 5.73 Å². The quantitative estimate of drug-likeness (QED) is 0.880. The summed E-state index contributed by atoms with van der Waals surface area (Å²) in [6.07, 6.45) is 0. The second kappa shape index (κ2) is 4.40. The fourth-order valence-electron chi connectivity index (χ4n) is 1.99. The molecular formula is C13H19N5. The molecule has 0 aliphatic rings. The fourth-order valence-corrected chi connectivity index (χ4v) is 1.99. The monoisotopic (exact) mass is 245 g/mol. The molecule has 2 rings (SSSR count). The highest BCUT2D eigenvalue weighted by atomic mass is 15.3. The Kier molecular flexibility index (Phi) is 3.07. The number of aromatic nitrogens is 4. The van der Waals surface area contributed by atoms with E-state index in [0.29, 0.717) is 17.6 Å². The molecule has 5 heteroatoms. The number of nitrogens with two attached hydrogens (primary N) is 1. The lowest BCUT2D eigenvalue weighted by Gasteiger charge is -2.08. The van der Waals surface area contributed by atoms with Gasteiger partial charge >= 0.3 is 0 Å². The van der Waals surface area contributed by atoms with Crippen LogP contribution in [0.25, 0.3) is 11.4 Å². The summed E-state index contributed by atoms with van der Waals surface area (Å²) >= 11 is 0. The molecule has 2 aromatic rings. The molecular weight excluding hydrogens is 226 g/mol. The van der Waals surface area contributed by atoms with Crippen LogP contribution < -0.4 is 5.73 Å². The number of nitrogens with zero attached hydrogens (tertiary/aromatic N) is 4. The molecule has 0 amide bonds. The van der Waals surface area contributed by atoms with Gasteiger partial charge in [0.15, 0.2) is 5.82 Å². The topological polar surface area (TPSA) is 69.6 Å². The average Bonchev–Trinajstić information content (AvgIpc) is 2.52. The summed E-state index contributed by atoms with van der Waals surface area (Å²) in [7, 11) is 1.92. The third kappa shape index (κ3) is 2.08. The Balaban J connectivity index is 2.64. The van der Waals surface area contributed by atoms with Gasteiger partial charge in [0.2, 0.25) is 0 Å². The van der Waals surface area contributed by atoms with Crippen LogP contribution in [0.2, 0.25) is 0 Å². The van der Waals surface area contributed by atoms with Gasteiger partial charge in [-0.2, -0.15) is 5.10 Å². The minimum absolute atomic E-state index is 0.325. The van der Waals surface area contributed by atoms with Crippen molar-refractivity contribution in [2.75, 3.05) is 5.73 Å². The Morgan fingerprint density at radius 1 is 1.22 bits per heavy atom. The summed E-state index contributed by atoms with van der Waals surface area (Å²) in [5.41, 5.74) is 9.78. The van der Waals surface area contributed by atoms with Gasteiger partial charge in [0.25, 0.3) is 0 Å². The first-order valence-corrected chi connectivity index (χ1v) is 6.05. The third-order valence-electron chi connectivity index (χ3n) is 3.09. The highest BCUT2D eigenvalue weighted by molar-refractivity contribution is 5.62. The van der Waals surface area contributed by atoms with Crippen LogP contribution in [-0.4, -0.2) is 19.7 Å². The van der Waals surface area contributed by atoms with Crippen molar-refractivity contribution in [3.8, 4) is 11.4 Å². The molecule has 0 bridgehead atoms. The minimum atomic E-state index is 0.325. The molecule has 0 saturated heterocycles. The number of hydrogen-bond donors (Lipinski definition) is 1. The molecule has 2 heterocycles. The standard InChI is InChI=1S/C13H19N5/c1-7(2)10-6-11(14)16-13(15-10)12-8(3)17-18(5)9(12)4/h6-7H,1-5H3,(H2,14,15,16). The molecule has 96 valence electrons. The largest absolute Gasteiger partial charge is 0.384 e. The molecule has 5 nitrogen and oxygen atoms in total. The maximum absolute atomic E-state index is 5.86. The summed E-state index contributed by atoms with van der Waals surface area (Å²) in [6, 6.07) is 1.83. The average molecular weight is 245 g/mol. The van der Waals surface area contributed by atoms with E-state index in [9.17, 15) is 0 Å². The van der Waals surface area contributed by atoms with Crippen molar-refractivity contribution in [1.82, 2.24) is 19.7 Å². The normalized spacial score (nSPS) is 11.2. The van der Waals surface area contributed by atoms with Gasteiger partial charge in [-0.15, -0.1) is 0 Å². The second-order valence-corrected chi connectivity index (χ2v) is 4.87. The number of nitrogen functional groups attached to an aromatic ring is 1. The molecule has 0 spiro atoms. The summed E-state index contributed by atoms with van der Waals surface area (Å²) in [5, 5.41) is 4.39. The molecule has 18 heavy (non-hydrogen) atoms. The lowest BCUT2D eigenvalue weighted by atomic mass is 10.1. The van der Waals surface area contributed by atoms with Crippen LogP contribution >= 0.6 is 0 Å². The maximum Gasteiger partial charge on any atom is 0.165 e. The zero-order chi connectivity index (χ0) is 13.4. The van der Waals surface area contributed by atoms with Gasteiger partial charge in [0.05, 0.1) is 11.3 Å². The Bertz CT molecular complexity index is 583. The van der Waals surface area contributed by atoms with E-state index in [2.05, 4.69) is 28.9 Å². The van der Waals surface area contributed by atoms with Crippen molar-refractivity contribution in [3.63, 3.8) is 0 Å². The number of aryl methyl sites for hydroxylation is 2. The molecule has 2 aromatic heterocycles. The first-order valence-electron chi connectivity index (χ1n) is 6.05. The molecule has 0 unspecified atom stereocenters. The predicted octanol–water partition coefficient (Wildman–Crippen LogP) is 2.20. The zero-order valence-electron chi connectivity index (χ0n) is 11.5. The summed E-state index contributed by atoms with van der Waals surface area (Å²) in [4.78, 5) is 8.93. The molecule has 0 atom stereocenters. The smallest absolute Gasteiger partial charge is 0.165 e. The summed E-state index contributed by atoms with van der Waals surface area (Å²) < 4.78 is 1.84. The summed E-state index contributed by atoms with van der Waals surface area (Å²) in [6.45, 7) is 8.16. The predicted molar refractivity (Wildman–Crippen MR) is 72.2 cm³/mol. The van der Waals surface area contributed by atoms with Gasteiger partial charge in [-0.05, 0) is 19.8 Å². The Labute approximate surface area is 107 Å². The third-order valence-corrected chi connectivity index (χ3v) is 3.09. The van der Waals surface area contributed by atoms with Gasteiger partial charge < -0.3 is 5.73 Å². The highest BCUT2D eigenvalue weighted by Crippen LogP contribution is 2.25. The van der Waals surface area contributed by atoms with Crippen LogP contribution in [0.15, 0.2) is 6.07 Å². The van der Waals surface area contributed by atoms with Crippen LogP contribution in [0.3, 0.4) is 0 Å². The number of hydrogen-bond acceptors (Lipinski definition) is 4. The molecule has 0 aromatic carbocycles. The van der Waals surface area contributed by atoms with Crippen molar-refractivity contribution in [2.45, 2.75) is 33.6 Å². The Morgan fingerprint density at radius 3 is 2.39 bits per heavy atom. The maximum atomic E-state index is 5.86. The van der Waals surface area contributed by atoms with E-state index in [-0.39, 0.29) is 0 Å². The van der Waals surface area contributed by atoms with Crippen molar-refractivity contribution < 1.29 is 0 Å². The Hall–Kier alpha value is -1.91. The van der Waals surface area contributed by atoms with E-state index in [1.165, 1.54) is 0 Å². The van der Waals surface area contributed by atoms with Crippen LogP contribution in [0, 0.1) is 13.8 Å². The van der Waals surface area contributed by atoms with Gasteiger partial charge in [0.1, 0.15) is 5.82 Å². The molecule has 0 radical (unpaired) electrons. The SMILES string of the molecule is Cc1nn(C)c(C)c1-c1nc(N)cc(C(C)C)n1. The molecule has 0 fully saturated rings. The van der Waals surface area contributed by atoms with E-state index in [1.54, 1.807) is 0 Å². The first kappa shape index (κ1) is 12.5. The number of rotatable bonds is 2. The van der Waals surface area contributed by atoms with E-state index in [1.807, 2.05) is 31.6 Å². The lowest BCUT2D eigenvalue weighted by molar-refractivity contribution is 0.731. The molecule has 0 aliphatic heterocycles. The van der Waals surface area contributed by atoms with Gasteiger partial charge in [-0.1, -0.05) is 13.8 Å². The van der Waals surface area contributed by atoms with Crippen LogP contribution in [0.4, 0.5) is 5.82 Å². The zero-order valence-corrected chi connectivity index (χ0v) is 11.5. The summed E-state index contributed by atoms with van der Waals surface area (Å²) in [5.74, 6) is 1.50. The van der Waals surface area contributed by atoms with Gasteiger partial charge in [-0.3, -0.25) is 4.68 Å². The van der Waals surface area contributed by atoms with E-state index >= 15 is 0 Å².